The third-order valence-electron chi connectivity index (χ3n) is 7.27. The molecule has 5 aliphatic rings. The largest absolute Gasteiger partial charge is 0.379 e. The molecule has 2 atom stereocenters. The van der Waals surface area contributed by atoms with Crippen LogP contribution in [0.25, 0.3) is 0 Å². The standard InChI is InChI=1S/C22H26N2O4/c25-20-22(27-13-21(14-28-22)12-16-5-6-17(21)11-16)18-3-1-2-4-19(18)24(20)15-23-7-9-26-10-8-23/h1-6,16-17H,7-15H2/t16-,17+,21?,22?/m0/s1. The smallest absolute Gasteiger partial charge is 0.293 e. The van der Waals surface area contributed by atoms with Crippen LogP contribution in [0.3, 0.4) is 0 Å². The Morgan fingerprint density at radius 3 is 2.57 bits per heavy atom. The molecule has 0 radical (unpaired) electrons. The van der Waals surface area contributed by atoms with Gasteiger partial charge >= 0.3 is 0 Å². The van der Waals surface area contributed by atoms with Crippen molar-refractivity contribution in [3.05, 3.63) is 42.0 Å². The molecule has 3 heterocycles. The third-order valence-corrected chi connectivity index (χ3v) is 7.27. The van der Waals surface area contributed by atoms with Crippen LogP contribution >= 0.6 is 0 Å². The minimum absolute atomic E-state index is 0.0392. The fraction of sp³-hybridized carbons (Fsp3) is 0.591. The van der Waals surface area contributed by atoms with Crippen molar-refractivity contribution in [3.8, 4) is 0 Å². The van der Waals surface area contributed by atoms with Crippen molar-refractivity contribution in [1.29, 1.82) is 0 Å². The number of hydrogen-bond acceptors (Lipinski definition) is 5. The zero-order chi connectivity index (χ0) is 18.8. The van der Waals surface area contributed by atoms with Gasteiger partial charge in [-0.1, -0.05) is 30.4 Å². The topological polar surface area (TPSA) is 51.2 Å². The zero-order valence-corrected chi connectivity index (χ0v) is 16.0. The average Bonchev–Trinajstić information content (AvgIpc) is 3.40. The molecule has 2 saturated heterocycles. The van der Waals surface area contributed by atoms with E-state index in [-0.39, 0.29) is 11.3 Å². The number of hydrogen-bond donors (Lipinski definition) is 0. The maximum atomic E-state index is 13.6. The Hall–Kier alpha value is -1.73. The summed E-state index contributed by atoms with van der Waals surface area (Å²) in [5.74, 6) is -0.199. The molecule has 2 aliphatic carbocycles. The lowest BCUT2D eigenvalue weighted by molar-refractivity contribution is -0.295. The Morgan fingerprint density at radius 2 is 1.86 bits per heavy atom. The first kappa shape index (κ1) is 17.2. The van der Waals surface area contributed by atoms with E-state index in [0.717, 1.165) is 30.8 Å². The highest BCUT2D eigenvalue weighted by atomic mass is 16.7. The van der Waals surface area contributed by atoms with Gasteiger partial charge in [-0.3, -0.25) is 14.6 Å². The molecule has 1 aromatic carbocycles. The maximum absolute atomic E-state index is 13.6. The fourth-order valence-corrected chi connectivity index (χ4v) is 5.71. The summed E-state index contributed by atoms with van der Waals surface area (Å²) in [6.45, 7) is 4.80. The molecule has 1 amide bonds. The predicted octanol–water partition coefficient (Wildman–Crippen LogP) is 2.10. The summed E-state index contributed by atoms with van der Waals surface area (Å²) in [6.07, 6.45) is 6.97. The van der Waals surface area contributed by atoms with Gasteiger partial charge in [0.15, 0.2) is 0 Å². The van der Waals surface area contributed by atoms with Gasteiger partial charge < -0.3 is 14.2 Å². The summed E-state index contributed by atoms with van der Waals surface area (Å²) in [4.78, 5) is 17.7. The second kappa shape index (κ2) is 6.13. The fourth-order valence-electron chi connectivity index (χ4n) is 5.71. The highest BCUT2D eigenvalue weighted by Crippen LogP contribution is 2.57. The molecule has 0 N–H and O–H groups in total. The second-order valence-corrected chi connectivity index (χ2v) is 8.87. The van der Waals surface area contributed by atoms with Gasteiger partial charge in [-0.15, -0.1) is 0 Å². The highest BCUT2D eigenvalue weighted by molar-refractivity contribution is 6.06. The number of carbonyl (C=O) groups is 1. The van der Waals surface area contributed by atoms with E-state index in [1.807, 2.05) is 29.2 Å². The molecule has 0 aromatic heterocycles. The number of morpholine rings is 1. The normalized spacial score (nSPS) is 39.4. The molecule has 6 nitrogen and oxygen atoms in total. The van der Waals surface area contributed by atoms with Crippen molar-refractivity contribution in [2.45, 2.75) is 18.6 Å². The number of nitrogens with zero attached hydrogens (tertiary/aromatic N) is 2. The number of fused-ring (bicyclic) bond motifs is 5. The Morgan fingerprint density at radius 1 is 1.07 bits per heavy atom. The SMILES string of the molecule is O=C1N(CN2CCOCC2)c2ccccc2C12OCC1(CO2)C[C@H]2C=C[C@@H]1C2. The van der Waals surface area contributed by atoms with Crippen LogP contribution in [-0.4, -0.2) is 57.0 Å². The number of benzene rings is 1. The van der Waals surface area contributed by atoms with Crippen LogP contribution in [0, 0.1) is 17.3 Å². The highest BCUT2D eigenvalue weighted by Gasteiger charge is 2.61. The van der Waals surface area contributed by atoms with Crippen molar-refractivity contribution in [3.63, 3.8) is 0 Å². The second-order valence-electron chi connectivity index (χ2n) is 8.87. The quantitative estimate of drug-likeness (QED) is 0.734. The van der Waals surface area contributed by atoms with Gasteiger partial charge in [-0.25, -0.2) is 0 Å². The van der Waals surface area contributed by atoms with Crippen LogP contribution in [0.15, 0.2) is 36.4 Å². The van der Waals surface area contributed by atoms with E-state index in [2.05, 4.69) is 17.1 Å². The van der Waals surface area contributed by atoms with Crippen molar-refractivity contribution in [2.24, 2.45) is 17.3 Å². The van der Waals surface area contributed by atoms with E-state index in [4.69, 9.17) is 14.2 Å². The Bertz CT molecular complexity index is 824. The molecule has 0 unspecified atom stereocenters. The number of para-hydroxylation sites is 1. The zero-order valence-electron chi connectivity index (χ0n) is 16.0. The summed E-state index contributed by atoms with van der Waals surface area (Å²) < 4.78 is 18.2. The molecule has 148 valence electrons. The monoisotopic (exact) mass is 382 g/mol. The predicted molar refractivity (Wildman–Crippen MR) is 103 cm³/mol. The average molecular weight is 382 g/mol. The first-order valence-electron chi connectivity index (χ1n) is 10.4. The number of amides is 1. The Labute approximate surface area is 165 Å². The number of carbonyl (C=O) groups excluding carboxylic acids is 1. The minimum atomic E-state index is -1.28. The molecule has 3 fully saturated rings. The lowest BCUT2D eigenvalue weighted by atomic mass is 9.76. The summed E-state index contributed by atoms with van der Waals surface area (Å²) in [7, 11) is 0. The van der Waals surface area contributed by atoms with Crippen molar-refractivity contribution < 1.29 is 19.0 Å². The van der Waals surface area contributed by atoms with Crippen molar-refractivity contribution >= 4 is 11.6 Å². The lowest BCUT2D eigenvalue weighted by Gasteiger charge is -2.45. The number of rotatable bonds is 2. The summed E-state index contributed by atoms with van der Waals surface area (Å²) in [6, 6.07) is 7.91. The van der Waals surface area contributed by atoms with E-state index in [0.29, 0.717) is 44.9 Å². The number of ether oxygens (including phenoxy) is 3. The Kier molecular flexibility index (Phi) is 3.76. The molecule has 2 bridgehead atoms. The van der Waals surface area contributed by atoms with Crippen molar-refractivity contribution in [2.75, 3.05) is 51.1 Å². The Balaban J connectivity index is 1.29. The summed E-state index contributed by atoms with van der Waals surface area (Å²) in [5.41, 5.74) is 1.79. The van der Waals surface area contributed by atoms with E-state index in [1.54, 1.807) is 0 Å². The van der Waals surface area contributed by atoms with E-state index in [9.17, 15) is 4.79 Å². The van der Waals surface area contributed by atoms with E-state index >= 15 is 0 Å². The van der Waals surface area contributed by atoms with Gasteiger partial charge in [0.05, 0.1) is 38.8 Å². The van der Waals surface area contributed by atoms with Gasteiger partial charge in [0.25, 0.3) is 11.7 Å². The summed E-state index contributed by atoms with van der Waals surface area (Å²) in [5, 5.41) is 0. The molecular weight excluding hydrogens is 356 g/mol. The van der Waals surface area contributed by atoms with Crippen LogP contribution < -0.4 is 4.90 Å². The molecule has 6 rings (SSSR count). The summed E-state index contributed by atoms with van der Waals surface area (Å²) >= 11 is 0. The minimum Gasteiger partial charge on any atom is -0.379 e. The lowest BCUT2D eigenvalue weighted by Crippen LogP contribution is -2.55. The molecule has 3 aliphatic heterocycles. The van der Waals surface area contributed by atoms with E-state index < -0.39 is 5.79 Å². The number of allylic oxidation sites excluding steroid dienone is 2. The van der Waals surface area contributed by atoms with Gasteiger partial charge in [0, 0.05) is 24.1 Å². The molecule has 1 aromatic rings. The van der Waals surface area contributed by atoms with Crippen molar-refractivity contribution in [1.82, 2.24) is 4.90 Å². The third kappa shape index (κ3) is 2.32. The molecular formula is C22H26N2O4. The maximum Gasteiger partial charge on any atom is 0.293 e. The van der Waals surface area contributed by atoms with Crippen LogP contribution in [0.1, 0.15) is 18.4 Å². The first-order valence-corrected chi connectivity index (χ1v) is 10.4. The van der Waals surface area contributed by atoms with Gasteiger partial charge in [-0.2, -0.15) is 0 Å². The van der Waals surface area contributed by atoms with Crippen LogP contribution in [0.4, 0.5) is 5.69 Å². The molecule has 28 heavy (non-hydrogen) atoms. The van der Waals surface area contributed by atoms with Crippen LogP contribution in [0.2, 0.25) is 0 Å². The van der Waals surface area contributed by atoms with Gasteiger partial charge in [0.1, 0.15) is 0 Å². The van der Waals surface area contributed by atoms with E-state index in [1.165, 1.54) is 6.42 Å². The molecule has 2 spiro atoms. The first-order chi connectivity index (χ1) is 13.7. The number of anilines is 1. The van der Waals surface area contributed by atoms with Crippen LogP contribution in [0.5, 0.6) is 0 Å². The molecule has 6 heteroatoms. The van der Waals surface area contributed by atoms with Gasteiger partial charge in [0.2, 0.25) is 0 Å². The van der Waals surface area contributed by atoms with Crippen LogP contribution in [-0.2, 0) is 24.8 Å². The van der Waals surface area contributed by atoms with Gasteiger partial charge in [-0.05, 0) is 30.7 Å². The molecule has 1 saturated carbocycles.